The molecule has 1 fully saturated rings. The molecule has 0 atom stereocenters. The van der Waals surface area contributed by atoms with Crippen LogP contribution in [0.15, 0.2) is 36.4 Å². The average Bonchev–Trinajstić information content (AvgIpc) is 3.50. The zero-order chi connectivity index (χ0) is 21.7. The van der Waals surface area contributed by atoms with Crippen LogP contribution in [0.4, 0.5) is 4.79 Å². The van der Waals surface area contributed by atoms with Crippen LogP contribution in [0.1, 0.15) is 44.0 Å². The number of hydrogen-bond acceptors (Lipinski definition) is 5. The molecule has 1 aromatic carbocycles. The van der Waals surface area contributed by atoms with Crippen molar-refractivity contribution in [1.29, 1.82) is 5.26 Å². The van der Waals surface area contributed by atoms with Crippen molar-refractivity contribution in [2.24, 2.45) is 5.92 Å². The fraction of sp³-hybridized carbons (Fsp3) is 0.364. The Morgan fingerprint density at radius 1 is 1.30 bits per heavy atom. The van der Waals surface area contributed by atoms with E-state index in [1.54, 1.807) is 7.11 Å². The van der Waals surface area contributed by atoms with Gasteiger partial charge in [0.05, 0.1) is 24.4 Å². The molecule has 30 heavy (non-hydrogen) atoms. The van der Waals surface area contributed by atoms with Crippen molar-refractivity contribution in [3.8, 4) is 23.1 Å². The molecule has 0 radical (unpaired) electrons. The lowest BCUT2D eigenvalue weighted by molar-refractivity contribution is 0.193. The highest BCUT2D eigenvalue weighted by Crippen LogP contribution is 2.39. The number of nitriles is 1. The Labute approximate surface area is 175 Å². The van der Waals surface area contributed by atoms with Crippen LogP contribution in [0.25, 0.3) is 16.9 Å². The number of nitrogens with one attached hydrogen (secondary N) is 1. The van der Waals surface area contributed by atoms with E-state index in [9.17, 15) is 4.79 Å². The third kappa shape index (κ3) is 5.06. The van der Waals surface area contributed by atoms with Gasteiger partial charge in [-0.3, -0.25) is 0 Å². The van der Waals surface area contributed by atoms with Crippen LogP contribution >= 0.6 is 0 Å². The van der Waals surface area contributed by atoms with Gasteiger partial charge >= 0.3 is 6.09 Å². The maximum Gasteiger partial charge on any atom is 0.404 e. The molecule has 1 aliphatic carbocycles. The van der Waals surface area contributed by atoms with Gasteiger partial charge in [-0.2, -0.15) is 10.4 Å². The molecule has 8 heteroatoms. The maximum atomic E-state index is 9.79. The Kier molecular flexibility index (Phi) is 6.52. The van der Waals surface area contributed by atoms with Crippen molar-refractivity contribution in [2.45, 2.75) is 32.6 Å². The third-order valence-corrected chi connectivity index (χ3v) is 4.60. The van der Waals surface area contributed by atoms with Gasteiger partial charge in [-0.1, -0.05) is 26.0 Å². The van der Waals surface area contributed by atoms with Crippen molar-refractivity contribution in [3.63, 3.8) is 0 Å². The summed E-state index contributed by atoms with van der Waals surface area (Å²) in [7, 11) is 1.64. The molecule has 0 unspecified atom stereocenters. The van der Waals surface area contributed by atoms with Gasteiger partial charge in [0.25, 0.3) is 0 Å². The van der Waals surface area contributed by atoms with Gasteiger partial charge in [0.15, 0.2) is 17.2 Å². The first kappa shape index (κ1) is 21.1. The van der Waals surface area contributed by atoms with Crippen LogP contribution in [0.3, 0.4) is 0 Å². The van der Waals surface area contributed by atoms with Crippen LogP contribution in [0.5, 0.6) is 5.75 Å². The number of fused-ring (bicyclic) bond motifs is 1. The SMILES string of the molecule is CC(C)CNC(=O)O.COc1ccc(-c2ccc(C#N)cc2)n2nc(C3CC3)nc12. The molecule has 4 rings (SSSR count). The first-order valence-electron chi connectivity index (χ1n) is 9.84. The van der Waals surface area contributed by atoms with E-state index in [-0.39, 0.29) is 0 Å². The highest BCUT2D eigenvalue weighted by Gasteiger charge is 2.29. The number of benzene rings is 1. The molecule has 8 nitrogen and oxygen atoms in total. The van der Waals surface area contributed by atoms with Crippen molar-refractivity contribution in [3.05, 3.63) is 47.8 Å². The van der Waals surface area contributed by atoms with Gasteiger partial charge in [-0.25, -0.2) is 14.3 Å². The van der Waals surface area contributed by atoms with E-state index in [1.807, 2.05) is 54.8 Å². The van der Waals surface area contributed by atoms with Crippen molar-refractivity contribution in [2.75, 3.05) is 13.7 Å². The highest BCUT2D eigenvalue weighted by atomic mass is 16.5. The summed E-state index contributed by atoms with van der Waals surface area (Å²) in [5.74, 6) is 2.49. The molecule has 1 saturated carbocycles. The number of rotatable bonds is 5. The number of aromatic nitrogens is 3. The second-order valence-electron chi connectivity index (χ2n) is 7.54. The summed E-state index contributed by atoms with van der Waals surface area (Å²) in [4.78, 5) is 14.4. The van der Waals surface area contributed by atoms with E-state index in [1.165, 1.54) is 0 Å². The van der Waals surface area contributed by atoms with Gasteiger partial charge in [-0.15, -0.1) is 0 Å². The average molecular weight is 407 g/mol. The Morgan fingerprint density at radius 3 is 2.50 bits per heavy atom. The van der Waals surface area contributed by atoms with E-state index >= 15 is 0 Å². The third-order valence-electron chi connectivity index (χ3n) is 4.60. The first-order chi connectivity index (χ1) is 14.4. The number of carbonyl (C=O) groups is 1. The van der Waals surface area contributed by atoms with Gasteiger partial charge < -0.3 is 15.2 Å². The molecular weight excluding hydrogens is 382 g/mol. The summed E-state index contributed by atoms with van der Waals surface area (Å²) in [6.45, 7) is 4.45. The zero-order valence-corrected chi connectivity index (χ0v) is 17.3. The minimum Gasteiger partial charge on any atom is -0.493 e. The number of amides is 1. The fourth-order valence-corrected chi connectivity index (χ4v) is 2.85. The number of pyridine rings is 1. The Bertz CT molecular complexity index is 1060. The summed E-state index contributed by atoms with van der Waals surface area (Å²) in [5, 5.41) is 23.9. The van der Waals surface area contributed by atoms with Crippen LogP contribution < -0.4 is 10.1 Å². The van der Waals surface area contributed by atoms with E-state index in [4.69, 9.17) is 15.1 Å². The van der Waals surface area contributed by atoms with Crippen molar-refractivity contribution in [1.82, 2.24) is 19.9 Å². The van der Waals surface area contributed by atoms with Gasteiger partial charge in [0.2, 0.25) is 0 Å². The van der Waals surface area contributed by atoms with Gasteiger partial charge in [0, 0.05) is 18.0 Å². The molecule has 2 N–H and O–H groups in total. The topological polar surface area (TPSA) is 113 Å². The predicted molar refractivity (Wildman–Crippen MR) is 113 cm³/mol. The minimum atomic E-state index is -0.946. The zero-order valence-electron chi connectivity index (χ0n) is 17.3. The summed E-state index contributed by atoms with van der Waals surface area (Å²) in [6.07, 6.45) is 1.37. The van der Waals surface area contributed by atoms with Crippen LogP contribution in [-0.2, 0) is 0 Å². The van der Waals surface area contributed by atoms with Gasteiger partial charge in [0.1, 0.15) is 0 Å². The second-order valence-corrected chi connectivity index (χ2v) is 7.54. The highest BCUT2D eigenvalue weighted by molar-refractivity contribution is 5.67. The predicted octanol–water partition coefficient (Wildman–Crippen LogP) is 4.06. The molecular formula is C22H25N5O3. The number of nitrogens with zero attached hydrogens (tertiary/aromatic N) is 4. The lowest BCUT2D eigenvalue weighted by Crippen LogP contribution is -2.24. The fourth-order valence-electron chi connectivity index (χ4n) is 2.85. The Morgan fingerprint density at radius 2 is 2.00 bits per heavy atom. The molecule has 1 amide bonds. The molecule has 0 saturated heterocycles. The van der Waals surface area contributed by atoms with Crippen LogP contribution in [-0.4, -0.2) is 39.5 Å². The monoisotopic (exact) mass is 407 g/mol. The van der Waals surface area contributed by atoms with Crippen molar-refractivity contribution < 1.29 is 14.6 Å². The number of carboxylic acid groups (broad SMARTS) is 1. The van der Waals surface area contributed by atoms with Crippen molar-refractivity contribution >= 4 is 11.7 Å². The lowest BCUT2D eigenvalue weighted by atomic mass is 10.1. The van der Waals surface area contributed by atoms with E-state index in [0.717, 1.165) is 41.3 Å². The van der Waals surface area contributed by atoms with E-state index in [2.05, 4.69) is 21.5 Å². The summed E-state index contributed by atoms with van der Waals surface area (Å²) in [6, 6.07) is 13.5. The number of ether oxygens (including phenoxy) is 1. The van der Waals surface area contributed by atoms with Crippen LogP contribution in [0, 0.1) is 17.2 Å². The Balaban J connectivity index is 0.000000275. The molecule has 1 aliphatic rings. The molecule has 2 aromatic heterocycles. The summed E-state index contributed by atoms with van der Waals surface area (Å²) >= 11 is 0. The number of methoxy groups -OCH3 is 1. The van der Waals surface area contributed by atoms with Crippen LogP contribution in [0.2, 0.25) is 0 Å². The lowest BCUT2D eigenvalue weighted by Gasteiger charge is -2.07. The normalized spacial score (nSPS) is 12.8. The van der Waals surface area contributed by atoms with Gasteiger partial charge in [-0.05, 0) is 43.0 Å². The smallest absolute Gasteiger partial charge is 0.404 e. The molecule has 2 heterocycles. The minimum absolute atomic E-state index is 0.395. The van der Waals surface area contributed by atoms with E-state index in [0.29, 0.717) is 23.9 Å². The molecule has 3 aromatic rings. The standard InChI is InChI=1S/C17H14N4O.C5H11NO2/c1-22-15-9-8-14(12-4-2-11(10-18)3-5-12)21-17(15)19-16(20-21)13-6-7-13;1-4(2)3-6-5(7)8/h2-5,8-9,13H,6-7H2,1H3;4,6H,3H2,1-2H3,(H,7,8). The maximum absolute atomic E-state index is 9.79. The molecule has 0 aliphatic heterocycles. The first-order valence-corrected chi connectivity index (χ1v) is 9.84. The quantitative estimate of drug-likeness (QED) is 0.659. The molecule has 0 spiro atoms. The largest absolute Gasteiger partial charge is 0.493 e. The summed E-state index contributed by atoms with van der Waals surface area (Å²) < 4.78 is 7.24. The molecule has 156 valence electrons. The second kappa shape index (κ2) is 9.27. The Hall–Kier alpha value is -3.60. The number of hydrogen-bond donors (Lipinski definition) is 2. The molecule has 0 bridgehead atoms. The van der Waals surface area contributed by atoms with E-state index < -0.39 is 6.09 Å². The summed E-state index contributed by atoms with van der Waals surface area (Å²) in [5.41, 5.74) is 3.33.